The topological polar surface area (TPSA) is 42.7 Å². The average Bonchev–Trinajstić information content (AvgIpc) is 3.28. The molecular formula is C21H24ClFN2O2. The lowest BCUT2D eigenvalue weighted by molar-refractivity contribution is 0.0895. The fourth-order valence-electron chi connectivity index (χ4n) is 4.02. The minimum absolute atomic E-state index is 0.139. The predicted octanol–water partition coefficient (Wildman–Crippen LogP) is 4.65. The molecule has 0 bridgehead atoms. The molecular weight excluding hydrogens is 367 g/mol. The van der Waals surface area contributed by atoms with Crippen LogP contribution in [0.2, 0.25) is 5.02 Å². The highest BCUT2D eigenvalue weighted by Gasteiger charge is 2.31. The summed E-state index contributed by atoms with van der Waals surface area (Å²) in [7, 11) is 0. The van der Waals surface area contributed by atoms with Crippen LogP contribution in [0.1, 0.15) is 48.7 Å². The van der Waals surface area contributed by atoms with Gasteiger partial charge in [-0.25, -0.2) is 4.39 Å². The van der Waals surface area contributed by atoms with E-state index in [-0.39, 0.29) is 5.91 Å². The summed E-state index contributed by atoms with van der Waals surface area (Å²) in [4.78, 5) is 12.9. The Bertz CT molecular complexity index is 893. The number of ether oxygens (including phenoxy) is 1. The van der Waals surface area contributed by atoms with Crippen LogP contribution in [0.5, 0.6) is 0 Å². The van der Waals surface area contributed by atoms with Crippen LogP contribution in [0.25, 0.3) is 11.1 Å². The molecule has 144 valence electrons. The van der Waals surface area contributed by atoms with Crippen LogP contribution in [-0.4, -0.2) is 35.7 Å². The van der Waals surface area contributed by atoms with Gasteiger partial charge in [-0.3, -0.25) is 4.79 Å². The summed E-state index contributed by atoms with van der Waals surface area (Å²) in [6.07, 6.45) is 6.68. The number of nitrogens with zero attached hydrogens (tertiary/aromatic N) is 1. The van der Waals surface area contributed by atoms with Gasteiger partial charge >= 0.3 is 0 Å². The fraction of sp³-hybridized carbons (Fsp3) is 0.476. The van der Waals surface area contributed by atoms with Gasteiger partial charge in [-0.15, -0.1) is 0 Å². The lowest BCUT2D eigenvalue weighted by atomic mass is 9.81. The van der Waals surface area contributed by atoms with E-state index in [1.165, 1.54) is 0 Å². The molecule has 6 heteroatoms. The number of hydrogen-bond donors (Lipinski definition) is 1. The minimum atomic E-state index is -1.06. The Morgan fingerprint density at radius 2 is 2.22 bits per heavy atom. The smallest absolute Gasteiger partial charge is 0.253 e. The lowest BCUT2D eigenvalue weighted by Crippen LogP contribution is -2.34. The number of pyridine rings is 1. The van der Waals surface area contributed by atoms with Crippen LogP contribution in [0.15, 0.2) is 30.5 Å². The van der Waals surface area contributed by atoms with Crippen molar-refractivity contribution in [3.8, 4) is 0 Å². The quantitative estimate of drug-likeness (QED) is 0.825. The van der Waals surface area contributed by atoms with Gasteiger partial charge in [-0.2, -0.15) is 0 Å². The first kappa shape index (κ1) is 18.5. The first-order valence-electron chi connectivity index (χ1n) is 9.48. The first-order chi connectivity index (χ1) is 12.9. The summed E-state index contributed by atoms with van der Waals surface area (Å²) in [6, 6.07) is 5.55. The molecule has 1 amide bonds. The molecule has 1 aliphatic carbocycles. The van der Waals surface area contributed by atoms with E-state index in [2.05, 4.69) is 5.32 Å². The summed E-state index contributed by atoms with van der Waals surface area (Å²) in [6.45, 7) is 3.35. The maximum atomic E-state index is 14.0. The van der Waals surface area contributed by atoms with E-state index < -0.39 is 5.67 Å². The maximum absolute atomic E-state index is 14.0. The number of carbonyl (C=O) groups excluding carboxylic acids is 1. The van der Waals surface area contributed by atoms with E-state index in [9.17, 15) is 9.18 Å². The van der Waals surface area contributed by atoms with Crippen LogP contribution in [-0.2, 0) is 4.74 Å². The third-order valence-electron chi connectivity index (χ3n) is 5.72. The highest BCUT2D eigenvalue weighted by atomic mass is 35.5. The molecule has 0 radical (unpaired) electrons. The lowest BCUT2D eigenvalue weighted by Gasteiger charge is -2.31. The van der Waals surface area contributed by atoms with Crippen molar-refractivity contribution in [3.05, 3.63) is 46.8 Å². The van der Waals surface area contributed by atoms with E-state index in [4.69, 9.17) is 16.3 Å². The van der Waals surface area contributed by atoms with Gasteiger partial charge in [0.05, 0.1) is 35.0 Å². The second-order valence-electron chi connectivity index (χ2n) is 7.83. The van der Waals surface area contributed by atoms with E-state index in [0.29, 0.717) is 54.6 Å². The fourth-order valence-corrected chi connectivity index (χ4v) is 4.28. The second-order valence-corrected chi connectivity index (χ2v) is 8.24. The Morgan fingerprint density at radius 3 is 2.93 bits per heavy atom. The van der Waals surface area contributed by atoms with Crippen molar-refractivity contribution in [1.82, 2.24) is 9.72 Å². The Labute approximate surface area is 163 Å². The average molecular weight is 391 g/mol. The van der Waals surface area contributed by atoms with Crippen molar-refractivity contribution >= 4 is 28.6 Å². The summed E-state index contributed by atoms with van der Waals surface area (Å²) < 4.78 is 21.3. The number of alkyl halides is 1. The van der Waals surface area contributed by atoms with Crippen LogP contribution in [0, 0.1) is 5.92 Å². The summed E-state index contributed by atoms with van der Waals surface area (Å²) >= 11 is 6.41. The zero-order chi connectivity index (χ0) is 19.0. The molecule has 1 saturated carbocycles. The third kappa shape index (κ3) is 3.76. The van der Waals surface area contributed by atoms with Gasteiger partial charge in [-0.05, 0) is 56.7 Å². The summed E-state index contributed by atoms with van der Waals surface area (Å²) in [5.41, 5.74) is 2.20. The monoisotopic (exact) mass is 390 g/mol. The van der Waals surface area contributed by atoms with Crippen molar-refractivity contribution in [1.29, 1.82) is 0 Å². The van der Waals surface area contributed by atoms with Crippen molar-refractivity contribution in [2.75, 3.05) is 19.8 Å². The highest BCUT2D eigenvalue weighted by Crippen LogP contribution is 2.34. The zero-order valence-electron chi connectivity index (χ0n) is 15.4. The molecule has 2 aromatic rings. The molecule has 0 saturated heterocycles. The van der Waals surface area contributed by atoms with Crippen LogP contribution < -0.4 is 5.32 Å². The Morgan fingerprint density at radius 1 is 1.44 bits per heavy atom. The molecule has 0 spiro atoms. The van der Waals surface area contributed by atoms with Crippen LogP contribution in [0.3, 0.4) is 0 Å². The number of amides is 1. The number of carbonyl (C=O) groups is 1. The Kier molecular flexibility index (Phi) is 4.99. The Hall–Kier alpha value is -1.85. The Balaban J connectivity index is 1.55. The highest BCUT2D eigenvalue weighted by molar-refractivity contribution is 6.35. The van der Waals surface area contributed by atoms with Crippen molar-refractivity contribution < 1.29 is 13.9 Å². The molecule has 27 heavy (non-hydrogen) atoms. The molecule has 1 aliphatic heterocycles. The van der Waals surface area contributed by atoms with Gasteiger partial charge in [-0.1, -0.05) is 17.7 Å². The van der Waals surface area contributed by atoms with Crippen LogP contribution in [0.4, 0.5) is 4.39 Å². The molecule has 2 aromatic heterocycles. The van der Waals surface area contributed by atoms with Gasteiger partial charge in [0.2, 0.25) is 0 Å². The molecule has 0 unspecified atom stereocenters. The summed E-state index contributed by atoms with van der Waals surface area (Å²) in [5.74, 6) is 0.187. The number of halogens is 2. The normalized spacial score (nSPS) is 25.6. The number of hydrogen-bond acceptors (Lipinski definition) is 2. The number of fused-ring (bicyclic) bond motifs is 1. The molecule has 4 rings (SSSR count). The van der Waals surface area contributed by atoms with Gasteiger partial charge in [0, 0.05) is 18.3 Å². The summed E-state index contributed by atoms with van der Waals surface area (Å²) in [5, 5.41) is 3.58. The van der Waals surface area contributed by atoms with E-state index in [1.54, 1.807) is 13.0 Å². The molecule has 4 nitrogen and oxygen atoms in total. The third-order valence-corrected chi connectivity index (χ3v) is 6.02. The van der Waals surface area contributed by atoms with Crippen LogP contribution >= 0.6 is 11.6 Å². The molecule has 3 heterocycles. The van der Waals surface area contributed by atoms with Gasteiger partial charge in [0.25, 0.3) is 5.91 Å². The maximum Gasteiger partial charge on any atom is 0.253 e. The van der Waals surface area contributed by atoms with E-state index in [1.807, 2.05) is 28.8 Å². The standard InChI is InChI=1S/C21H24ClFN2O2/c1-21(23)7-4-14(5-8-21)12-24-20(26)16-11-18(15-6-10-27-13-15)25-9-2-3-17(22)19(16)25/h2-3,6,9,11,14H,4-5,7-8,10,12-13H2,1H3,(H,24,26). The molecule has 1 fully saturated rings. The molecule has 0 atom stereocenters. The van der Waals surface area contributed by atoms with Crippen molar-refractivity contribution in [3.63, 3.8) is 0 Å². The van der Waals surface area contributed by atoms with Gasteiger partial charge in [0.15, 0.2) is 0 Å². The van der Waals surface area contributed by atoms with Crippen molar-refractivity contribution in [2.45, 2.75) is 38.3 Å². The zero-order valence-corrected chi connectivity index (χ0v) is 16.2. The largest absolute Gasteiger partial charge is 0.373 e. The molecule has 1 N–H and O–H groups in total. The predicted molar refractivity (Wildman–Crippen MR) is 105 cm³/mol. The number of aromatic nitrogens is 1. The van der Waals surface area contributed by atoms with E-state index in [0.717, 1.165) is 24.1 Å². The van der Waals surface area contributed by atoms with E-state index >= 15 is 0 Å². The van der Waals surface area contributed by atoms with Crippen molar-refractivity contribution in [2.24, 2.45) is 5.92 Å². The molecule has 0 aromatic carbocycles. The second kappa shape index (κ2) is 7.28. The number of rotatable bonds is 4. The number of nitrogens with one attached hydrogen (secondary N) is 1. The first-order valence-corrected chi connectivity index (χ1v) is 9.86. The molecule has 2 aliphatic rings. The van der Waals surface area contributed by atoms with Gasteiger partial charge < -0.3 is 14.5 Å². The minimum Gasteiger partial charge on any atom is -0.373 e. The SMILES string of the molecule is CC1(F)CCC(CNC(=O)c2cc(C3=CCOC3)n3cccc(Cl)c23)CC1. The van der Waals surface area contributed by atoms with Gasteiger partial charge in [0.1, 0.15) is 5.67 Å².